The Hall–Kier alpha value is 1.16. The standard InChI is InChI=1S/C4H3I2S/c5-4-1-2-7(6)3-4/h1-3H/q+1. The van der Waals surface area contributed by atoms with Crippen molar-refractivity contribution in [3.63, 3.8) is 0 Å². The van der Waals surface area contributed by atoms with Crippen molar-refractivity contribution in [3.8, 4) is 0 Å². The lowest BCUT2D eigenvalue weighted by Crippen LogP contribution is -1.44. The Morgan fingerprint density at radius 3 is 2.43 bits per heavy atom. The summed E-state index contributed by atoms with van der Waals surface area (Å²) in [5.41, 5.74) is 0. The van der Waals surface area contributed by atoms with E-state index in [4.69, 9.17) is 0 Å². The third-order valence-electron chi connectivity index (χ3n) is 0.582. The first-order valence-corrected chi connectivity index (χ1v) is 6.70. The van der Waals surface area contributed by atoms with Gasteiger partial charge >= 0.3 is 0 Å². The molecule has 0 aliphatic heterocycles. The van der Waals surface area contributed by atoms with Crippen LogP contribution in [0, 0.1) is 3.57 Å². The van der Waals surface area contributed by atoms with Gasteiger partial charge in [0.15, 0.2) is 5.38 Å². The van der Waals surface area contributed by atoms with Gasteiger partial charge in [0, 0.05) is 13.7 Å². The van der Waals surface area contributed by atoms with E-state index in [-0.39, 0.29) is 0 Å². The summed E-state index contributed by atoms with van der Waals surface area (Å²) in [4.78, 5) is 0. The van der Waals surface area contributed by atoms with Crippen LogP contribution in [0.4, 0.5) is 0 Å². The zero-order valence-corrected chi connectivity index (χ0v) is 8.53. The Morgan fingerprint density at radius 1 is 1.57 bits per heavy atom. The van der Waals surface area contributed by atoms with Crippen molar-refractivity contribution in [1.82, 2.24) is 0 Å². The van der Waals surface area contributed by atoms with Crippen LogP contribution in [0.15, 0.2) is 16.8 Å². The smallest absolute Gasteiger partial charge is 0.0389 e. The highest BCUT2D eigenvalue weighted by Gasteiger charge is 1.97. The molecule has 3 heteroatoms. The van der Waals surface area contributed by atoms with Crippen molar-refractivity contribution >= 4 is 51.4 Å². The minimum atomic E-state index is 0.417. The Morgan fingerprint density at radius 2 is 2.29 bits per heavy atom. The van der Waals surface area contributed by atoms with E-state index < -0.39 is 0 Å². The number of thiophene rings is 1. The molecule has 0 amide bonds. The topological polar surface area (TPSA) is 0 Å². The number of halogens is 2. The molecule has 7 heavy (non-hydrogen) atoms. The highest BCUT2D eigenvalue weighted by atomic mass is 127. The second-order valence-electron chi connectivity index (χ2n) is 1.12. The van der Waals surface area contributed by atoms with Gasteiger partial charge in [-0.25, -0.2) is 0 Å². The van der Waals surface area contributed by atoms with Gasteiger partial charge in [-0.3, -0.25) is 0 Å². The van der Waals surface area contributed by atoms with Crippen LogP contribution in [0.2, 0.25) is 0 Å². The summed E-state index contributed by atoms with van der Waals surface area (Å²) in [6, 6.07) is 2.15. The number of hydrogen-bond acceptors (Lipinski definition) is 0. The molecule has 0 aromatic carbocycles. The van der Waals surface area contributed by atoms with Gasteiger partial charge in [0.2, 0.25) is 0 Å². The third kappa shape index (κ3) is 1.85. The predicted octanol–water partition coefficient (Wildman–Crippen LogP) is 3.24. The molecule has 1 aromatic heterocycles. The molecule has 0 saturated carbocycles. The van der Waals surface area contributed by atoms with Gasteiger partial charge in [-0.15, -0.1) is 0 Å². The van der Waals surface area contributed by atoms with Crippen molar-refractivity contribution in [2.24, 2.45) is 0 Å². The second kappa shape index (κ2) is 2.63. The minimum absolute atomic E-state index is 0.417. The van der Waals surface area contributed by atoms with Gasteiger partial charge in [0.1, 0.15) is 5.38 Å². The van der Waals surface area contributed by atoms with Crippen molar-refractivity contribution in [2.45, 2.75) is 0 Å². The molecule has 0 aliphatic rings. The average molecular weight is 337 g/mol. The summed E-state index contributed by atoms with van der Waals surface area (Å²) in [5, 5.41) is 4.46. The Bertz CT molecular complexity index is 142. The fraction of sp³-hybridized carbons (Fsp3) is 0. The van der Waals surface area contributed by atoms with Gasteiger partial charge in [0.25, 0.3) is 21.2 Å². The molecule has 0 bridgehead atoms. The van der Waals surface area contributed by atoms with Crippen LogP contribution in [-0.2, 0) is 0 Å². The molecule has 38 valence electrons. The maximum Gasteiger partial charge on any atom is 0.287 e. The highest BCUT2D eigenvalue weighted by molar-refractivity contribution is 14.2. The molecule has 0 N–H and O–H groups in total. The second-order valence-corrected chi connectivity index (χ2v) is 6.55. The number of rotatable bonds is 0. The van der Waals surface area contributed by atoms with Gasteiger partial charge in [-0.1, -0.05) is 0 Å². The lowest BCUT2D eigenvalue weighted by atomic mass is 10.7. The maximum absolute atomic E-state index is 2.41. The van der Waals surface area contributed by atoms with Crippen LogP contribution in [-0.4, -0.2) is 0 Å². The van der Waals surface area contributed by atoms with E-state index in [2.05, 4.69) is 60.6 Å². The molecule has 0 radical (unpaired) electrons. The summed E-state index contributed by atoms with van der Waals surface area (Å²) in [6.45, 7) is 0. The van der Waals surface area contributed by atoms with Crippen molar-refractivity contribution < 1.29 is 0 Å². The van der Waals surface area contributed by atoms with Gasteiger partial charge in [0.05, 0.1) is 3.57 Å². The zero-order chi connectivity index (χ0) is 5.28. The van der Waals surface area contributed by atoms with Crippen molar-refractivity contribution in [3.05, 3.63) is 20.4 Å². The Labute approximate surface area is 71.0 Å². The summed E-state index contributed by atoms with van der Waals surface area (Å²) in [6.07, 6.45) is 0. The first kappa shape index (κ1) is 6.28. The fourth-order valence-electron chi connectivity index (χ4n) is 0.316. The normalized spacial score (nSPS) is 12.0. The zero-order valence-electron chi connectivity index (χ0n) is 3.40. The minimum Gasteiger partial charge on any atom is -0.0389 e. The summed E-state index contributed by atoms with van der Waals surface area (Å²) < 4.78 is 1.37. The van der Waals surface area contributed by atoms with E-state index in [1.165, 1.54) is 3.57 Å². The van der Waals surface area contributed by atoms with Crippen LogP contribution in [0.25, 0.3) is 0 Å². The molecule has 0 saturated heterocycles. The SMILES string of the molecule is Ic1cc[s+](I)c1. The molecule has 0 spiro atoms. The van der Waals surface area contributed by atoms with E-state index in [1.807, 2.05) is 0 Å². The van der Waals surface area contributed by atoms with Gasteiger partial charge in [-0.2, -0.15) is 0 Å². The van der Waals surface area contributed by atoms with Gasteiger partial charge < -0.3 is 0 Å². The third-order valence-corrected chi connectivity index (χ3v) is 4.19. The molecular formula is C4H3I2S+. The van der Waals surface area contributed by atoms with Crippen LogP contribution < -0.4 is 0 Å². The lowest BCUT2D eigenvalue weighted by molar-refractivity contribution is 1.89. The fourth-order valence-corrected chi connectivity index (χ4v) is 4.93. The monoisotopic (exact) mass is 337 g/mol. The Balaban J connectivity index is 3.04. The van der Waals surface area contributed by atoms with Crippen LogP contribution >= 0.6 is 51.4 Å². The molecule has 0 fully saturated rings. The molecule has 1 unspecified atom stereocenters. The van der Waals surface area contributed by atoms with E-state index in [0.29, 0.717) is 7.64 Å². The lowest BCUT2D eigenvalue weighted by Gasteiger charge is -1.58. The van der Waals surface area contributed by atoms with E-state index in [0.717, 1.165) is 0 Å². The quantitative estimate of drug-likeness (QED) is 0.504. The van der Waals surface area contributed by atoms with Crippen molar-refractivity contribution in [1.29, 1.82) is 0 Å². The first-order valence-electron chi connectivity index (χ1n) is 1.73. The molecule has 1 rings (SSSR count). The molecule has 1 aromatic rings. The summed E-state index contributed by atoms with van der Waals surface area (Å²) >= 11 is 4.73. The predicted molar refractivity (Wildman–Crippen MR) is 51.1 cm³/mol. The summed E-state index contributed by atoms with van der Waals surface area (Å²) in [5.74, 6) is 0. The Kier molecular flexibility index (Phi) is 2.36. The van der Waals surface area contributed by atoms with Crippen LogP contribution in [0.3, 0.4) is 0 Å². The summed E-state index contributed by atoms with van der Waals surface area (Å²) in [7, 11) is 0.417. The molecule has 0 nitrogen and oxygen atoms in total. The molecule has 1 heterocycles. The molecular weight excluding hydrogens is 334 g/mol. The molecule has 1 atom stereocenters. The highest BCUT2D eigenvalue weighted by Crippen LogP contribution is 2.28. The average Bonchev–Trinajstić information content (AvgIpc) is 1.87. The number of hydrogen-bond donors (Lipinski definition) is 0. The van der Waals surface area contributed by atoms with Gasteiger partial charge in [-0.05, 0) is 22.6 Å². The molecule has 0 aliphatic carbocycles. The van der Waals surface area contributed by atoms with E-state index >= 15 is 0 Å². The largest absolute Gasteiger partial charge is 0.287 e. The van der Waals surface area contributed by atoms with Crippen LogP contribution in [0.1, 0.15) is 0 Å². The van der Waals surface area contributed by atoms with Crippen molar-refractivity contribution in [2.75, 3.05) is 0 Å². The first-order chi connectivity index (χ1) is 3.29. The van der Waals surface area contributed by atoms with E-state index in [1.54, 1.807) is 0 Å². The van der Waals surface area contributed by atoms with E-state index in [9.17, 15) is 0 Å². The maximum atomic E-state index is 2.41. The van der Waals surface area contributed by atoms with Crippen LogP contribution in [0.5, 0.6) is 0 Å².